The second-order valence-corrected chi connectivity index (χ2v) is 7.05. The van der Waals surface area contributed by atoms with Gasteiger partial charge in [-0.3, -0.25) is 9.79 Å². The third-order valence-electron chi connectivity index (χ3n) is 5.03. The molecule has 150 valence electrons. The monoisotopic (exact) mass is 384 g/mol. The predicted octanol–water partition coefficient (Wildman–Crippen LogP) is 1.84. The number of ether oxygens (including phenoxy) is 1. The molecule has 0 amide bonds. The number of hydrogen-bond acceptors (Lipinski definition) is 5. The summed E-state index contributed by atoms with van der Waals surface area (Å²) in [7, 11) is 3.22. The number of piperidine rings is 1. The Kier molecular flexibility index (Phi) is 6.28. The molecule has 28 heavy (non-hydrogen) atoms. The number of aliphatic imine (C=N–C) groups is 1. The summed E-state index contributed by atoms with van der Waals surface area (Å²) < 4.78 is 6.70. The molecule has 3 rings (SSSR count). The van der Waals surface area contributed by atoms with Gasteiger partial charge >= 0.3 is 5.97 Å². The minimum absolute atomic E-state index is 0.00881. The van der Waals surface area contributed by atoms with Gasteiger partial charge in [-0.2, -0.15) is 5.10 Å². The molecule has 3 heterocycles. The number of aromatic nitrogens is 3. The Bertz CT molecular complexity index is 835. The fourth-order valence-corrected chi connectivity index (χ4v) is 3.51. The van der Waals surface area contributed by atoms with Crippen molar-refractivity contribution < 1.29 is 9.53 Å². The van der Waals surface area contributed by atoms with E-state index in [9.17, 15) is 4.79 Å². The number of guanidine groups is 1. The third kappa shape index (κ3) is 4.49. The number of nitrogens with one attached hydrogen (secondary N) is 1. The first kappa shape index (κ1) is 19.9. The number of aryl methyl sites for hydroxylation is 2. The summed E-state index contributed by atoms with van der Waals surface area (Å²) in [5.74, 6) is 1.52. The van der Waals surface area contributed by atoms with E-state index in [4.69, 9.17) is 4.74 Å². The molecule has 0 aliphatic carbocycles. The van der Waals surface area contributed by atoms with Crippen LogP contribution in [0, 0.1) is 19.8 Å². The van der Waals surface area contributed by atoms with E-state index in [1.54, 1.807) is 7.05 Å². The van der Waals surface area contributed by atoms with E-state index in [1.165, 1.54) is 7.11 Å². The van der Waals surface area contributed by atoms with E-state index in [-0.39, 0.29) is 11.9 Å². The first-order chi connectivity index (χ1) is 13.5. The first-order valence-corrected chi connectivity index (χ1v) is 9.53. The highest BCUT2D eigenvalue weighted by molar-refractivity contribution is 5.80. The Labute approximate surface area is 165 Å². The number of likely N-dealkylation sites (tertiary alicyclic amines) is 1. The highest BCUT2D eigenvalue weighted by Gasteiger charge is 2.26. The van der Waals surface area contributed by atoms with Gasteiger partial charge in [0.15, 0.2) is 11.8 Å². The van der Waals surface area contributed by atoms with Gasteiger partial charge in [0.05, 0.1) is 18.7 Å². The molecule has 0 aromatic carbocycles. The van der Waals surface area contributed by atoms with Crippen LogP contribution in [0.3, 0.4) is 0 Å². The molecule has 0 spiro atoms. The summed E-state index contributed by atoms with van der Waals surface area (Å²) in [6.07, 6.45) is 3.42. The van der Waals surface area contributed by atoms with E-state index in [2.05, 4.69) is 25.3 Å². The topological polar surface area (TPSA) is 84.6 Å². The van der Waals surface area contributed by atoms with E-state index >= 15 is 0 Å². The number of rotatable bonds is 4. The molecular weight excluding hydrogens is 356 g/mol. The Morgan fingerprint density at radius 2 is 2.07 bits per heavy atom. The SMILES string of the molecule is CN=C(NCc1ccc(-n2nc(C)cc2C)nc1)N1CCC(C(=O)OC)CC1. The second-order valence-electron chi connectivity index (χ2n) is 7.05. The molecule has 1 saturated heterocycles. The molecule has 2 aromatic rings. The molecule has 0 atom stereocenters. The van der Waals surface area contributed by atoms with Crippen LogP contribution in [0.15, 0.2) is 29.4 Å². The lowest BCUT2D eigenvalue weighted by Crippen LogP contribution is -2.46. The van der Waals surface area contributed by atoms with Gasteiger partial charge in [-0.15, -0.1) is 0 Å². The van der Waals surface area contributed by atoms with E-state index < -0.39 is 0 Å². The van der Waals surface area contributed by atoms with Crippen LogP contribution in [0.25, 0.3) is 5.82 Å². The molecule has 1 fully saturated rings. The van der Waals surface area contributed by atoms with Crippen LogP contribution < -0.4 is 5.32 Å². The summed E-state index contributed by atoms with van der Waals surface area (Å²) in [6, 6.07) is 6.05. The summed E-state index contributed by atoms with van der Waals surface area (Å²) in [5.41, 5.74) is 3.10. The zero-order chi connectivity index (χ0) is 20.1. The Morgan fingerprint density at radius 1 is 1.32 bits per heavy atom. The number of esters is 1. The van der Waals surface area contributed by atoms with Crippen molar-refractivity contribution in [3.8, 4) is 5.82 Å². The summed E-state index contributed by atoms with van der Waals surface area (Å²) >= 11 is 0. The number of pyridine rings is 1. The van der Waals surface area contributed by atoms with Crippen LogP contribution in [0.4, 0.5) is 0 Å². The fourth-order valence-electron chi connectivity index (χ4n) is 3.51. The van der Waals surface area contributed by atoms with Crippen molar-refractivity contribution in [3.63, 3.8) is 0 Å². The summed E-state index contributed by atoms with van der Waals surface area (Å²) in [5, 5.41) is 7.85. The molecule has 1 N–H and O–H groups in total. The van der Waals surface area contributed by atoms with Gasteiger partial charge in [0.25, 0.3) is 0 Å². The van der Waals surface area contributed by atoms with Crippen molar-refractivity contribution in [3.05, 3.63) is 41.3 Å². The predicted molar refractivity (Wildman–Crippen MR) is 107 cm³/mol. The summed E-state index contributed by atoms with van der Waals surface area (Å²) in [6.45, 7) is 6.20. The normalized spacial score (nSPS) is 15.6. The van der Waals surface area contributed by atoms with Crippen molar-refractivity contribution in [2.75, 3.05) is 27.2 Å². The molecule has 1 aliphatic rings. The Balaban J connectivity index is 1.56. The molecular formula is C20H28N6O2. The smallest absolute Gasteiger partial charge is 0.308 e. The van der Waals surface area contributed by atoms with Gasteiger partial charge in [0, 0.05) is 38.6 Å². The maximum absolute atomic E-state index is 11.7. The lowest BCUT2D eigenvalue weighted by Gasteiger charge is -2.33. The van der Waals surface area contributed by atoms with Crippen LogP contribution in [0.5, 0.6) is 0 Å². The second kappa shape index (κ2) is 8.86. The highest BCUT2D eigenvalue weighted by atomic mass is 16.5. The average molecular weight is 384 g/mol. The van der Waals surface area contributed by atoms with Gasteiger partial charge in [0.1, 0.15) is 0 Å². The van der Waals surface area contributed by atoms with Crippen molar-refractivity contribution in [1.29, 1.82) is 0 Å². The molecule has 0 saturated carbocycles. The van der Waals surface area contributed by atoms with Crippen molar-refractivity contribution in [1.82, 2.24) is 25.0 Å². The maximum atomic E-state index is 11.7. The van der Waals surface area contributed by atoms with Crippen LogP contribution in [0.2, 0.25) is 0 Å². The van der Waals surface area contributed by atoms with Crippen molar-refractivity contribution in [2.45, 2.75) is 33.2 Å². The lowest BCUT2D eigenvalue weighted by molar-refractivity contribution is -0.146. The van der Waals surface area contributed by atoms with Crippen molar-refractivity contribution >= 4 is 11.9 Å². The van der Waals surface area contributed by atoms with Gasteiger partial charge < -0.3 is 15.0 Å². The van der Waals surface area contributed by atoms with Gasteiger partial charge in [-0.05, 0) is 44.4 Å². The van der Waals surface area contributed by atoms with Crippen LogP contribution in [-0.2, 0) is 16.1 Å². The fraction of sp³-hybridized carbons (Fsp3) is 0.500. The van der Waals surface area contributed by atoms with Gasteiger partial charge in [-0.25, -0.2) is 9.67 Å². The molecule has 2 aromatic heterocycles. The first-order valence-electron chi connectivity index (χ1n) is 9.53. The largest absolute Gasteiger partial charge is 0.469 e. The summed E-state index contributed by atoms with van der Waals surface area (Å²) in [4.78, 5) is 22.8. The standard InChI is InChI=1S/C20H28N6O2/c1-14-11-15(2)26(24-14)18-6-5-16(12-22-18)13-23-20(21-3)25-9-7-17(8-10-25)19(27)28-4/h5-6,11-12,17H,7-10,13H2,1-4H3,(H,21,23). The lowest BCUT2D eigenvalue weighted by atomic mass is 9.97. The average Bonchev–Trinajstić information content (AvgIpc) is 3.06. The van der Waals surface area contributed by atoms with Crippen LogP contribution in [0.1, 0.15) is 29.8 Å². The number of carbonyl (C=O) groups is 1. The third-order valence-corrected chi connectivity index (χ3v) is 5.03. The Morgan fingerprint density at radius 3 is 2.61 bits per heavy atom. The molecule has 8 heteroatoms. The van der Waals surface area contributed by atoms with Crippen LogP contribution >= 0.6 is 0 Å². The van der Waals surface area contributed by atoms with Gasteiger partial charge in [0.2, 0.25) is 0 Å². The molecule has 1 aliphatic heterocycles. The Hall–Kier alpha value is -2.90. The minimum Gasteiger partial charge on any atom is -0.469 e. The molecule has 8 nitrogen and oxygen atoms in total. The van der Waals surface area contributed by atoms with Crippen molar-refractivity contribution in [2.24, 2.45) is 10.9 Å². The zero-order valence-corrected chi connectivity index (χ0v) is 17.0. The van der Waals surface area contributed by atoms with Crippen LogP contribution in [-0.4, -0.2) is 58.8 Å². The number of hydrogen-bond donors (Lipinski definition) is 1. The number of carbonyl (C=O) groups excluding carboxylic acids is 1. The number of nitrogens with zero attached hydrogens (tertiary/aromatic N) is 5. The van der Waals surface area contributed by atoms with E-state index in [0.717, 1.165) is 54.7 Å². The van der Waals surface area contributed by atoms with E-state index in [0.29, 0.717) is 6.54 Å². The molecule has 0 unspecified atom stereocenters. The quantitative estimate of drug-likeness (QED) is 0.492. The molecule has 0 bridgehead atoms. The highest BCUT2D eigenvalue weighted by Crippen LogP contribution is 2.18. The maximum Gasteiger partial charge on any atom is 0.308 e. The zero-order valence-electron chi connectivity index (χ0n) is 17.0. The van der Waals surface area contributed by atoms with Gasteiger partial charge in [-0.1, -0.05) is 6.07 Å². The molecule has 0 radical (unpaired) electrons. The van der Waals surface area contributed by atoms with E-state index in [1.807, 2.05) is 42.9 Å². The number of methoxy groups -OCH3 is 1. The minimum atomic E-state index is -0.114.